The standard InChI is InChI=1S/C32H44N4O4/c1-4-27(36-23-33-22-34-36)18-24-6-12-31(29(19-24)26-8-10-28(38-3)11-9-26)40-21-25-7-13-32-30(20-25)35(15-17-39-32)14-5-16-37-2/h7-11,13,20,22-24,27,29,31H,4-6,12,14-19,21H2,1-3H3/t24-,27-,29+,31-/m0/s1. The third-order valence-electron chi connectivity index (χ3n) is 8.55. The Bertz CT molecular complexity index is 1170. The molecule has 1 fully saturated rings. The van der Waals surface area contributed by atoms with Gasteiger partial charge in [0.15, 0.2) is 0 Å². The highest BCUT2D eigenvalue weighted by Crippen LogP contribution is 2.42. The fourth-order valence-corrected chi connectivity index (χ4v) is 6.34. The molecule has 2 heterocycles. The van der Waals surface area contributed by atoms with Crippen molar-refractivity contribution < 1.29 is 18.9 Å². The van der Waals surface area contributed by atoms with E-state index in [1.807, 2.05) is 11.0 Å². The van der Waals surface area contributed by atoms with Crippen LogP contribution in [0.2, 0.25) is 0 Å². The maximum atomic E-state index is 6.73. The summed E-state index contributed by atoms with van der Waals surface area (Å²) in [5.74, 6) is 2.80. The molecule has 8 nitrogen and oxygen atoms in total. The van der Waals surface area contributed by atoms with E-state index in [2.05, 4.69) is 64.4 Å². The molecule has 1 saturated carbocycles. The van der Waals surface area contributed by atoms with Gasteiger partial charge in [0.2, 0.25) is 0 Å². The number of anilines is 1. The number of rotatable bonds is 13. The van der Waals surface area contributed by atoms with Gasteiger partial charge in [0.05, 0.1) is 38.1 Å². The zero-order valence-electron chi connectivity index (χ0n) is 24.2. The van der Waals surface area contributed by atoms with Crippen molar-refractivity contribution in [2.75, 3.05) is 45.4 Å². The van der Waals surface area contributed by atoms with Gasteiger partial charge in [0.1, 0.15) is 30.8 Å². The molecule has 8 heteroatoms. The SMILES string of the molecule is CC[C@@H](C[C@@H]1CC[C@H](OCc2ccc3c(c2)N(CCCOC)CCO3)[C@@H](c2ccc(OC)cc2)C1)n1cncn1. The zero-order chi connectivity index (χ0) is 27.7. The third-order valence-corrected chi connectivity index (χ3v) is 8.55. The first kappa shape index (κ1) is 28.4. The highest BCUT2D eigenvalue weighted by Gasteiger charge is 2.34. The Kier molecular flexibility index (Phi) is 9.95. The van der Waals surface area contributed by atoms with Crippen molar-refractivity contribution in [3.63, 3.8) is 0 Å². The van der Waals surface area contributed by atoms with Gasteiger partial charge in [-0.25, -0.2) is 9.67 Å². The molecular weight excluding hydrogens is 504 g/mol. The van der Waals surface area contributed by atoms with Crippen molar-refractivity contribution in [3.8, 4) is 11.5 Å². The van der Waals surface area contributed by atoms with Crippen LogP contribution in [-0.2, 0) is 16.1 Å². The number of ether oxygens (including phenoxy) is 4. The van der Waals surface area contributed by atoms with E-state index in [0.29, 0.717) is 24.5 Å². The molecule has 0 bridgehead atoms. The molecule has 3 aromatic rings. The molecule has 5 rings (SSSR count). The zero-order valence-corrected chi connectivity index (χ0v) is 24.2. The van der Waals surface area contributed by atoms with E-state index in [4.69, 9.17) is 18.9 Å². The summed E-state index contributed by atoms with van der Waals surface area (Å²) < 4.78 is 25.4. The molecule has 0 spiro atoms. The predicted molar refractivity (Wildman–Crippen MR) is 156 cm³/mol. The molecule has 2 aliphatic rings. The van der Waals surface area contributed by atoms with Gasteiger partial charge < -0.3 is 23.8 Å². The van der Waals surface area contributed by atoms with E-state index in [-0.39, 0.29) is 6.10 Å². The van der Waals surface area contributed by atoms with E-state index in [9.17, 15) is 0 Å². The first-order chi connectivity index (χ1) is 19.7. The smallest absolute Gasteiger partial charge is 0.142 e. The van der Waals surface area contributed by atoms with Crippen LogP contribution in [0.15, 0.2) is 55.1 Å². The second kappa shape index (κ2) is 14.0. The normalized spacial score (nSPS) is 21.5. The lowest BCUT2D eigenvalue weighted by molar-refractivity contribution is -0.0109. The Morgan fingerprint density at radius 1 is 1.10 bits per heavy atom. The number of hydrogen-bond acceptors (Lipinski definition) is 7. The number of fused-ring (bicyclic) bond motifs is 1. The Morgan fingerprint density at radius 2 is 1.98 bits per heavy atom. The molecule has 1 aliphatic heterocycles. The summed E-state index contributed by atoms with van der Waals surface area (Å²) in [5, 5.41) is 4.43. The van der Waals surface area contributed by atoms with E-state index in [1.54, 1.807) is 20.5 Å². The van der Waals surface area contributed by atoms with Crippen molar-refractivity contribution >= 4 is 5.69 Å². The van der Waals surface area contributed by atoms with E-state index in [0.717, 1.165) is 82.0 Å². The van der Waals surface area contributed by atoms with Gasteiger partial charge in [-0.15, -0.1) is 0 Å². The molecule has 0 radical (unpaired) electrons. The summed E-state index contributed by atoms with van der Waals surface area (Å²) in [6.45, 7) is 6.19. The number of methoxy groups -OCH3 is 2. The lowest BCUT2D eigenvalue weighted by Gasteiger charge is -2.38. The molecule has 2 aromatic carbocycles. The third kappa shape index (κ3) is 6.96. The topological polar surface area (TPSA) is 70.9 Å². The maximum absolute atomic E-state index is 6.73. The van der Waals surface area contributed by atoms with Gasteiger partial charge >= 0.3 is 0 Å². The van der Waals surface area contributed by atoms with E-state index < -0.39 is 0 Å². The van der Waals surface area contributed by atoms with Gasteiger partial charge in [-0.2, -0.15) is 5.10 Å². The van der Waals surface area contributed by atoms with Gasteiger partial charge in [0, 0.05) is 26.2 Å². The second-order valence-electron chi connectivity index (χ2n) is 11.1. The van der Waals surface area contributed by atoms with Gasteiger partial charge in [-0.1, -0.05) is 25.1 Å². The molecule has 0 unspecified atom stereocenters. The van der Waals surface area contributed by atoms with Crippen molar-refractivity contribution in [1.82, 2.24) is 14.8 Å². The van der Waals surface area contributed by atoms with Crippen LogP contribution in [0.25, 0.3) is 0 Å². The Balaban J connectivity index is 1.28. The number of aromatic nitrogens is 3. The minimum Gasteiger partial charge on any atom is -0.497 e. The largest absolute Gasteiger partial charge is 0.497 e. The predicted octanol–water partition coefficient (Wildman–Crippen LogP) is 6.03. The summed E-state index contributed by atoms with van der Waals surface area (Å²) in [4.78, 5) is 6.59. The monoisotopic (exact) mass is 548 g/mol. The fraction of sp³-hybridized carbons (Fsp3) is 0.562. The first-order valence-corrected chi connectivity index (χ1v) is 14.8. The Morgan fingerprint density at radius 3 is 2.73 bits per heavy atom. The Hall–Kier alpha value is -3.10. The van der Waals surface area contributed by atoms with Crippen LogP contribution >= 0.6 is 0 Å². The van der Waals surface area contributed by atoms with Crippen molar-refractivity contribution in [2.24, 2.45) is 5.92 Å². The molecule has 1 aromatic heterocycles. The summed E-state index contributed by atoms with van der Waals surface area (Å²) in [6.07, 6.45) is 10.1. The van der Waals surface area contributed by atoms with Crippen molar-refractivity contribution in [2.45, 2.75) is 70.1 Å². The van der Waals surface area contributed by atoms with E-state index >= 15 is 0 Å². The Labute approximate surface area is 238 Å². The average Bonchev–Trinajstić information content (AvgIpc) is 3.54. The van der Waals surface area contributed by atoms with Gasteiger partial charge in [-0.3, -0.25) is 0 Å². The lowest BCUT2D eigenvalue weighted by atomic mass is 9.74. The molecule has 0 saturated heterocycles. The van der Waals surface area contributed by atoms with Crippen molar-refractivity contribution in [1.29, 1.82) is 0 Å². The quantitative estimate of drug-likeness (QED) is 0.242. The highest BCUT2D eigenvalue weighted by atomic mass is 16.5. The second-order valence-corrected chi connectivity index (χ2v) is 11.1. The molecule has 0 amide bonds. The van der Waals surface area contributed by atoms with Gasteiger partial charge in [-0.05, 0) is 79.8 Å². The summed E-state index contributed by atoms with van der Waals surface area (Å²) in [6, 6.07) is 15.4. The van der Waals surface area contributed by atoms with Crippen LogP contribution in [0.5, 0.6) is 11.5 Å². The van der Waals surface area contributed by atoms with Crippen LogP contribution in [-0.4, -0.2) is 61.4 Å². The maximum Gasteiger partial charge on any atom is 0.142 e. The summed E-state index contributed by atoms with van der Waals surface area (Å²) in [7, 11) is 3.48. The molecule has 40 heavy (non-hydrogen) atoms. The number of benzene rings is 2. The van der Waals surface area contributed by atoms with Gasteiger partial charge in [0.25, 0.3) is 0 Å². The number of hydrogen-bond donors (Lipinski definition) is 0. The summed E-state index contributed by atoms with van der Waals surface area (Å²) in [5.41, 5.74) is 3.68. The number of nitrogens with zero attached hydrogens (tertiary/aromatic N) is 4. The molecule has 216 valence electrons. The summed E-state index contributed by atoms with van der Waals surface area (Å²) >= 11 is 0. The first-order valence-electron chi connectivity index (χ1n) is 14.8. The van der Waals surface area contributed by atoms with Crippen LogP contribution in [0.4, 0.5) is 5.69 Å². The van der Waals surface area contributed by atoms with Crippen LogP contribution < -0.4 is 14.4 Å². The molecule has 0 N–H and O–H groups in total. The van der Waals surface area contributed by atoms with Crippen LogP contribution in [0.1, 0.15) is 68.5 Å². The molecule has 4 atom stereocenters. The lowest BCUT2D eigenvalue weighted by Crippen LogP contribution is -2.34. The van der Waals surface area contributed by atoms with Crippen molar-refractivity contribution in [3.05, 3.63) is 66.2 Å². The van der Waals surface area contributed by atoms with Crippen LogP contribution in [0, 0.1) is 5.92 Å². The average molecular weight is 549 g/mol. The minimum absolute atomic E-state index is 0.168. The highest BCUT2D eigenvalue weighted by molar-refractivity contribution is 5.61. The van der Waals surface area contributed by atoms with E-state index in [1.165, 1.54) is 11.1 Å². The fourth-order valence-electron chi connectivity index (χ4n) is 6.34. The molecule has 1 aliphatic carbocycles. The molecular formula is C32H44N4O4. The van der Waals surface area contributed by atoms with Crippen LogP contribution in [0.3, 0.4) is 0 Å². The minimum atomic E-state index is 0.168.